The van der Waals surface area contributed by atoms with Gasteiger partial charge in [-0.15, -0.1) is 0 Å². The Bertz CT molecular complexity index is 3250. The molecule has 1 heterocycles. The molecule has 0 bridgehead atoms. The molecular weight excluding hydrogens is 747 g/mol. The SMILES string of the molecule is CC1C=CC=C2C=c3cc(-c4ccc5c(c4)-c4c(C6=NC(c7ccccc7)=CCC(c7ccccc7)=C6)cccc4C54c5ccccc5C(C)(C)c5ccccc54)ccc3=CC21. The van der Waals surface area contributed by atoms with Gasteiger partial charge in [-0.3, -0.25) is 0 Å². The standard InChI is InChI=1S/C61H47N/c1-39-16-14-21-46-35-47-34-42(28-29-44(47)36-49(39)46)43-30-32-51-50(37-43)59-48(58-38-45(40-17-6-4-7-18-40)31-33-57(62-58)41-19-8-5-9-20-41)22-15-27-56(59)61(51)54-25-12-10-23-52(54)60(2,3)53-24-11-13-26-55(53)61/h4-30,32-39,49H,31H2,1-3H3. The maximum atomic E-state index is 5.64. The Labute approximate surface area is 364 Å². The molecule has 7 aromatic carbocycles. The molecule has 0 amide bonds. The van der Waals surface area contributed by atoms with Gasteiger partial charge in [0.05, 0.1) is 16.8 Å². The molecule has 4 aliphatic carbocycles. The molecule has 296 valence electrons. The molecule has 0 saturated heterocycles. The zero-order chi connectivity index (χ0) is 41.6. The number of benzene rings is 7. The van der Waals surface area contributed by atoms with E-state index < -0.39 is 5.41 Å². The first-order valence-corrected chi connectivity index (χ1v) is 22.2. The maximum Gasteiger partial charge on any atom is 0.0719 e. The molecule has 1 heteroatoms. The molecule has 1 nitrogen and oxygen atoms in total. The van der Waals surface area contributed by atoms with Gasteiger partial charge in [0, 0.05) is 16.9 Å². The second-order valence-corrected chi connectivity index (χ2v) is 18.2. The van der Waals surface area contributed by atoms with Gasteiger partial charge in [0.1, 0.15) is 0 Å². The smallest absolute Gasteiger partial charge is 0.0719 e. The van der Waals surface area contributed by atoms with Gasteiger partial charge in [-0.25, -0.2) is 4.99 Å². The highest BCUT2D eigenvalue weighted by Crippen LogP contribution is 2.63. The van der Waals surface area contributed by atoms with Crippen LogP contribution in [0.1, 0.15) is 77.3 Å². The minimum atomic E-state index is -0.525. The molecule has 0 saturated carbocycles. The third-order valence-electron chi connectivity index (χ3n) is 14.5. The van der Waals surface area contributed by atoms with E-state index in [1.165, 1.54) is 82.8 Å². The summed E-state index contributed by atoms with van der Waals surface area (Å²) in [5, 5.41) is 2.60. The molecule has 7 aromatic rings. The van der Waals surface area contributed by atoms with Crippen molar-refractivity contribution in [2.24, 2.45) is 16.8 Å². The average molecular weight is 794 g/mol. The highest BCUT2D eigenvalue weighted by Gasteiger charge is 2.53. The summed E-state index contributed by atoms with van der Waals surface area (Å²) < 4.78 is 0. The Morgan fingerprint density at radius 2 is 1.18 bits per heavy atom. The molecule has 1 spiro atoms. The number of hydrogen-bond donors (Lipinski definition) is 0. The van der Waals surface area contributed by atoms with Crippen molar-refractivity contribution in [2.75, 3.05) is 0 Å². The lowest BCUT2D eigenvalue weighted by atomic mass is 9.55. The van der Waals surface area contributed by atoms with Crippen LogP contribution in [-0.2, 0) is 10.8 Å². The first kappa shape index (κ1) is 36.7. The molecule has 0 N–H and O–H groups in total. The number of hydrogen-bond acceptors (Lipinski definition) is 1. The van der Waals surface area contributed by atoms with Crippen molar-refractivity contribution in [3.05, 3.63) is 260 Å². The second kappa shape index (κ2) is 14.0. The number of nitrogens with zero attached hydrogens (tertiary/aromatic N) is 1. The number of aliphatic imine (C=N–C) groups is 1. The first-order valence-electron chi connectivity index (χ1n) is 22.2. The van der Waals surface area contributed by atoms with Crippen LogP contribution in [0, 0.1) is 11.8 Å². The van der Waals surface area contributed by atoms with Gasteiger partial charge in [-0.05, 0) is 119 Å². The minimum absolute atomic E-state index is 0.177. The number of fused-ring (bicyclic) bond motifs is 11. The third kappa shape index (κ3) is 5.44. The summed E-state index contributed by atoms with van der Waals surface area (Å²) in [4.78, 5) is 5.64. The monoisotopic (exact) mass is 793 g/mol. The van der Waals surface area contributed by atoms with Crippen molar-refractivity contribution >= 4 is 29.1 Å². The fraction of sp³-hybridized carbons (Fsp3) is 0.131. The van der Waals surface area contributed by atoms with Crippen molar-refractivity contribution in [3.8, 4) is 22.3 Å². The largest absolute Gasteiger partial charge is 0.248 e. The molecule has 12 rings (SSSR count). The fourth-order valence-corrected chi connectivity index (χ4v) is 11.4. The Morgan fingerprint density at radius 3 is 1.92 bits per heavy atom. The van der Waals surface area contributed by atoms with E-state index in [2.05, 4.69) is 227 Å². The van der Waals surface area contributed by atoms with Crippen LogP contribution in [0.3, 0.4) is 0 Å². The van der Waals surface area contributed by atoms with E-state index in [0.29, 0.717) is 11.8 Å². The van der Waals surface area contributed by atoms with Crippen LogP contribution in [0.4, 0.5) is 0 Å². The average Bonchev–Trinajstić information content (AvgIpc) is 3.43. The zero-order valence-electron chi connectivity index (χ0n) is 35.4. The summed E-state index contributed by atoms with van der Waals surface area (Å²) >= 11 is 0. The van der Waals surface area contributed by atoms with Crippen LogP contribution in [0.15, 0.2) is 205 Å². The molecule has 62 heavy (non-hydrogen) atoms. The Morgan fingerprint density at radius 1 is 0.532 bits per heavy atom. The Hall–Kier alpha value is -7.09. The fourth-order valence-electron chi connectivity index (χ4n) is 11.4. The summed E-state index contributed by atoms with van der Waals surface area (Å²) in [5.74, 6) is 0.922. The van der Waals surface area contributed by atoms with Crippen LogP contribution in [0.2, 0.25) is 0 Å². The van der Waals surface area contributed by atoms with E-state index >= 15 is 0 Å². The van der Waals surface area contributed by atoms with E-state index in [-0.39, 0.29) is 5.41 Å². The maximum absolute atomic E-state index is 5.64. The second-order valence-electron chi connectivity index (χ2n) is 18.2. The lowest BCUT2D eigenvalue weighted by Crippen LogP contribution is -2.40. The highest BCUT2D eigenvalue weighted by atomic mass is 14.8. The normalized spacial score (nSPS) is 19.3. The van der Waals surface area contributed by atoms with Crippen molar-refractivity contribution < 1.29 is 0 Å². The van der Waals surface area contributed by atoms with Gasteiger partial charge in [-0.1, -0.05) is 209 Å². The number of rotatable bonds is 4. The van der Waals surface area contributed by atoms with Crippen molar-refractivity contribution in [1.82, 2.24) is 0 Å². The highest BCUT2D eigenvalue weighted by molar-refractivity contribution is 6.19. The first-order chi connectivity index (χ1) is 30.4. The summed E-state index contributed by atoms with van der Waals surface area (Å²) in [5.41, 5.74) is 20.5. The van der Waals surface area contributed by atoms with Crippen LogP contribution in [0.25, 0.3) is 45.7 Å². The van der Waals surface area contributed by atoms with Crippen LogP contribution >= 0.6 is 0 Å². The summed E-state index contributed by atoms with van der Waals surface area (Å²) in [7, 11) is 0. The molecule has 2 atom stereocenters. The predicted octanol–water partition coefficient (Wildman–Crippen LogP) is 13.0. The molecule has 1 aliphatic heterocycles. The predicted molar refractivity (Wildman–Crippen MR) is 259 cm³/mol. The summed E-state index contributed by atoms with van der Waals surface area (Å²) in [6.45, 7) is 7.12. The molecular formula is C61H47N. The van der Waals surface area contributed by atoms with E-state index in [0.717, 1.165) is 29.0 Å². The topological polar surface area (TPSA) is 12.4 Å². The van der Waals surface area contributed by atoms with Gasteiger partial charge in [0.15, 0.2) is 0 Å². The van der Waals surface area contributed by atoms with E-state index in [1.54, 1.807) is 0 Å². The molecule has 0 radical (unpaired) electrons. The van der Waals surface area contributed by atoms with Crippen molar-refractivity contribution in [2.45, 2.75) is 38.0 Å². The summed E-state index contributed by atoms with van der Waals surface area (Å²) in [6.07, 6.45) is 17.2. The van der Waals surface area contributed by atoms with Gasteiger partial charge in [-0.2, -0.15) is 0 Å². The molecule has 5 aliphatic rings. The molecule has 0 aromatic heterocycles. The van der Waals surface area contributed by atoms with Gasteiger partial charge in [0.2, 0.25) is 0 Å². The van der Waals surface area contributed by atoms with Gasteiger partial charge >= 0.3 is 0 Å². The van der Waals surface area contributed by atoms with E-state index in [9.17, 15) is 0 Å². The number of allylic oxidation sites excluding steroid dienone is 7. The third-order valence-corrected chi connectivity index (χ3v) is 14.5. The zero-order valence-corrected chi connectivity index (χ0v) is 35.4. The van der Waals surface area contributed by atoms with Gasteiger partial charge in [0.25, 0.3) is 0 Å². The van der Waals surface area contributed by atoms with Crippen molar-refractivity contribution in [3.63, 3.8) is 0 Å². The van der Waals surface area contributed by atoms with Crippen LogP contribution in [0.5, 0.6) is 0 Å². The lowest BCUT2D eigenvalue weighted by Gasteiger charge is -2.46. The Balaban J connectivity index is 1.15. The van der Waals surface area contributed by atoms with E-state index in [4.69, 9.17) is 4.99 Å². The van der Waals surface area contributed by atoms with Crippen molar-refractivity contribution in [1.29, 1.82) is 0 Å². The minimum Gasteiger partial charge on any atom is -0.248 e. The summed E-state index contributed by atoms with van der Waals surface area (Å²) in [6, 6.07) is 61.4. The molecule has 0 fully saturated rings. The molecule has 2 unspecified atom stereocenters. The van der Waals surface area contributed by atoms with Crippen LogP contribution < -0.4 is 10.4 Å². The lowest BCUT2D eigenvalue weighted by molar-refractivity contribution is 0.563. The Kier molecular flexibility index (Phi) is 8.28. The van der Waals surface area contributed by atoms with E-state index in [1.807, 2.05) is 0 Å². The van der Waals surface area contributed by atoms with Gasteiger partial charge < -0.3 is 0 Å². The van der Waals surface area contributed by atoms with Crippen LogP contribution in [-0.4, -0.2) is 5.71 Å². The quantitative estimate of drug-likeness (QED) is 0.168.